The molecule has 3 N–H and O–H groups in total. The molecule has 0 radical (unpaired) electrons. The molecule has 0 aliphatic heterocycles. The van der Waals surface area contributed by atoms with Crippen LogP contribution in [-0.4, -0.2) is 5.71 Å². The Bertz CT molecular complexity index is 102. The molecule has 0 aromatic carbocycles. The lowest BCUT2D eigenvalue weighted by Gasteiger charge is -1.82. The standard InChI is InChI=1S/C4H7BrN2/c1-3(6)2-4(5)7/h2,6H,7H2,1H3/b4-2-,6-3?. The molecule has 0 rings (SSSR count). The minimum absolute atomic E-state index is 0.453. The second-order valence-corrected chi connectivity index (χ2v) is 2.13. The molecule has 0 amide bonds. The van der Waals surface area contributed by atoms with E-state index >= 15 is 0 Å². The fraction of sp³-hybridized carbons (Fsp3) is 0.250. The lowest BCUT2D eigenvalue weighted by molar-refractivity contribution is 1.47. The molecule has 40 valence electrons. The van der Waals surface area contributed by atoms with Crippen molar-refractivity contribution < 1.29 is 0 Å². The van der Waals surface area contributed by atoms with E-state index in [0.717, 1.165) is 0 Å². The van der Waals surface area contributed by atoms with Crippen LogP contribution in [-0.2, 0) is 0 Å². The molecule has 0 saturated heterocycles. The van der Waals surface area contributed by atoms with Crippen LogP contribution in [0.3, 0.4) is 0 Å². The molecule has 0 atom stereocenters. The summed E-state index contributed by atoms with van der Waals surface area (Å²) < 4.78 is 0.500. The van der Waals surface area contributed by atoms with Crippen molar-refractivity contribution in [1.29, 1.82) is 5.41 Å². The van der Waals surface area contributed by atoms with Crippen molar-refractivity contribution in [3.8, 4) is 0 Å². The van der Waals surface area contributed by atoms with Gasteiger partial charge in [0.05, 0.1) is 4.61 Å². The van der Waals surface area contributed by atoms with E-state index in [0.29, 0.717) is 10.3 Å². The number of halogens is 1. The second-order valence-electron chi connectivity index (χ2n) is 1.21. The van der Waals surface area contributed by atoms with Gasteiger partial charge >= 0.3 is 0 Å². The van der Waals surface area contributed by atoms with Crippen molar-refractivity contribution in [2.24, 2.45) is 5.73 Å². The number of hydrogen-bond acceptors (Lipinski definition) is 2. The van der Waals surface area contributed by atoms with Crippen LogP contribution in [0.15, 0.2) is 10.7 Å². The van der Waals surface area contributed by atoms with Crippen LogP contribution in [0.5, 0.6) is 0 Å². The maximum Gasteiger partial charge on any atom is 0.0771 e. The molecule has 7 heavy (non-hydrogen) atoms. The summed E-state index contributed by atoms with van der Waals surface area (Å²) in [6.07, 6.45) is 1.53. The third-order valence-electron chi connectivity index (χ3n) is 0.354. The average Bonchev–Trinajstić information content (AvgIpc) is 1.27. The van der Waals surface area contributed by atoms with Crippen molar-refractivity contribution in [1.82, 2.24) is 0 Å². The third kappa shape index (κ3) is 5.69. The van der Waals surface area contributed by atoms with E-state index in [4.69, 9.17) is 11.1 Å². The van der Waals surface area contributed by atoms with Gasteiger partial charge in [-0.3, -0.25) is 0 Å². The lowest BCUT2D eigenvalue weighted by Crippen LogP contribution is -1.90. The molecule has 0 bridgehead atoms. The van der Waals surface area contributed by atoms with Crippen molar-refractivity contribution in [2.75, 3.05) is 0 Å². The van der Waals surface area contributed by atoms with Gasteiger partial charge in [-0.1, -0.05) is 0 Å². The summed E-state index contributed by atoms with van der Waals surface area (Å²) in [5.74, 6) is 0. The molecule has 0 spiro atoms. The molecular weight excluding hydrogens is 156 g/mol. The largest absolute Gasteiger partial charge is 0.393 e. The monoisotopic (exact) mass is 162 g/mol. The smallest absolute Gasteiger partial charge is 0.0771 e. The molecule has 3 heteroatoms. The van der Waals surface area contributed by atoms with Crippen LogP contribution in [0.1, 0.15) is 6.92 Å². The highest BCUT2D eigenvalue weighted by Crippen LogP contribution is 1.92. The Morgan fingerprint density at radius 3 is 2.29 bits per heavy atom. The molecule has 0 aliphatic rings. The van der Waals surface area contributed by atoms with Crippen LogP contribution in [0, 0.1) is 5.41 Å². The van der Waals surface area contributed by atoms with Gasteiger partial charge in [-0.2, -0.15) is 0 Å². The Hall–Kier alpha value is -0.310. The molecular formula is C4H7BrN2. The minimum atomic E-state index is 0.453. The van der Waals surface area contributed by atoms with E-state index in [1.807, 2.05) is 0 Å². The van der Waals surface area contributed by atoms with Crippen LogP contribution in [0.4, 0.5) is 0 Å². The fourth-order valence-corrected chi connectivity index (χ4v) is 0.550. The van der Waals surface area contributed by atoms with Gasteiger partial charge < -0.3 is 11.1 Å². The van der Waals surface area contributed by atoms with E-state index < -0.39 is 0 Å². The lowest BCUT2D eigenvalue weighted by atomic mass is 10.4. The Labute approximate surface area is 51.0 Å². The van der Waals surface area contributed by atoms with E-state index in [1.165, 1.54) is 6.08 Å². The first-order valence-corrected chi connectivity index (χ1v) is 2.60. The van der Waals surface area contributed by atoms with Crippen LogP contribution < -0.4 is 5.73 Å². The highest BCUT2D eigenvalue weighted by Gasteiger charge is 1.78. The number of allylic oxidation sites excluding steroid dienone is 1. The van der Waals surface area contributed by atoms with Crippen molar-refractivity contribution >= 4 is 21.6 Å². The van der Waals surface area contributed by atoms with Crippen LogP contribution in [0.2, 0.25) is 0 Å². The summed E-state index contributed by atoms with van der Waals surface area (Å²) in [6.45, 7) is 1.66. The maximum atomic E-state index is 6.84. The summed E-state index contributed by atoms with van der Waals surface area (Å²) in [7, 11) is 0. The number of nitrogens with two attached hydrogens (primary N) is 1. The zero-order chi connectivity index (χ0) is 5.86. The number of hydrogen-bond donors (Lipinski definition) is 2. The van der Waals surface area contributed by atoms with Gasteiger partial charge in [0.25, 0.3) is 0 Å². The summed E-state index contributed by atoms with van der Waals surface area (Å²) in [6, 6.07) is 0. The summed E-state index contributed by atoms with van der Waals surface area (Å²) in [4.78, 5) is 0. The molecule has 0 unspecified atom stereocenters. The fourth-order valence-electron chi connectivity index (χ4n) is 0.207. The summed E-state index contributed by atoms with van der Waals surface area (Å²) in [5, 5.41) is 6.84. The van der Waals surface area contributed by atoms with Gasteiger partial charge in [0.2, 0.25) is 0 Å². The molecule has 0 aromatic rings. The van der Waals surface area contributed by atoms with Gasteiger partial charge in [0.1, 0.15) is 0 Å². The number of rotatable bonds is 1. The predicted octanol–water partition coefficient (Wildman–Crippen LogP) is 1.22. The first kappa shape index (κ1) is 6.69. The summed E-state index contributed by atoms with van der Waals surface area (Å²) in [5.41, 5.74) is 5.58. The molecule has 0 aliphatic carbocycles. The van der Waals surface area contributed by atoms with Crippen molar-refractivity contribution in [2.45, 2.75) is 6.92 Å². The van der Waals surface area contributed by atoms with Gasteiger partial charge in [0, 0.05) is 5.71 Å². The highest BCUT2D eigenvalue weighted by molar-refractivity contribution is 9.11. The van der Waals surface area contributed by atoms with E-state index in [9.17, 15) is 0 Å². The Morgan fingerprint density at radius 1 is 1.86 bits per heavy atom. The Balaban J connectivity index is 3.68. The summed E-state index contributed by atoms with van der Waals surface area (Å²) >= 11 is 2.97. The zero-order valence-electron chi connectivity index (χ0n) is 4.03. The zero-order valence-corrected chi connectivity index (χ0v) is 5.62. The highest BCUT2D eigenvalue weighted by atomic mass is 79.9. The van der Waals surface area contributed by atoms with Gasteiger partial charge in [-0.05, 0) is 28.9 Å². The minimum Gasteiger partial charge on any atom is -0.393 e. The topological polar surface area (TPSA) is 49.9 Å². The van der Waals surface area contributed by atoms with Gasteiger partial charge in [0.15, 0.2) is 0 Å². The maximum absolute atomic E-state index is 6.84. The first-order valence-electron chi connectivity index (χ1n) is 1.81. The first-order chi connectivity index (χ1) is 3.13. The molecule has 0 aromatic heterocycles. The second kappa shape index (κ2) is 2.80. The molecule has 0 fully saturated rings. The molecule has 0 heterocycles. The van der Waals surface area contributed by atoms with E-state index in [2.05, 4.69) is 15.9 Å². The Kier molecular flexibility index (Phi) is 2.67. The predicted molar refractivity (Wildman–Crippen MR) is 34.6 cm³/mol. The van der Waals surface area contributed by atoms with Crippen molar-refractivity contribution in [3.63, 3.8) is 0 Å². The van der Waals surface area contributed by atoms with Crippen LogP contribution >= 0.6 is 15.9 Å². The Morgan fingerprint density at radius 2 is 2.29 bits per heavy atom. The SMILES string of the molecule is CC(=N)/C=C(\N)Br. The van der Waals surface area contributed by atoms with Gasteiger partial charge in [-0.15, -0.1) is 0 Å². The van der Waals surface area contributed by atoms with Crippen LogP contribution in [0.25, 0.3) is 0 Å². The molecule has 0 saturated carbocycles. The average molecular weight is 163 g/mol. The van der Waals surface area contributed by atoms with Gasteiger partial charge in [-0.25, -0.2) is 0 Å². The number of nitrogens with one attached hydrogen (secondary N) is 1. The quantitative estimate of drug-likeness (QED) is 0.443. The normalized spacial score (nSPS) is 11.4. The van der Waals surface area contributed by atoms with E-state index in [-0.39, 0.29) is 0 Å². The molecule has 2 nitrogen and oxygen atoms in total. The third-order valence-corrected chi connectivity index (χ3v) is 0.583. The van der Waals surface area contributed by atoms with Crippen molar-refractivity contribution in [3.05, 3.63) is 10.7 Å². The van der Waals surface area contributed by atoms with E-state index in [1.54, 1.807) is 6.92 Å².